The van der Waals surface area contributed by atoms with Gasteiger partial charge in [0.15, 0.2) is 11.5 Å². The molecule has 5 heteroatoms. The van der Waals surface area contributed by atoms with Crippen molar-refractivity contribution in [2.75, 3.05) is 26.6 Å². The molecule has 100 valence electrons. The van der Waals surface area contributed by atoms with Crippen LogP contribution in [-0.4, -0.2) is 27.2 Å². The van der Waals surface area contributed by atoms with Gasteiger partial charge >= 0.3 is 0 Å². The summed E-state index contributed by atoms with van der Waals surface area (Å²) in [5, 5.41) is 2.79. The van der Waals surface area contributed by atoms with E-state index in [2.05, 4.69) is 5.32 Å². The molecule has 5 nitrogen and oxygen atoms in total. The summed E-state index contributed by atoms with van der Waals surface area (Å²) < 4.78 is 15.6. The van der Waals surface area contributed by atoms with E-state index >= 15 is 0 Å². The van der Waals surface area contributed by atoms with Crippen LogP contribution in [0.2, 0.25) is 0 Å². The van der Waals surface area contributed by atoms with Crippen molar-refractivity contribution in [3.05, 3.63) is 12.1 Å². The Balaban J connectivity index is 3.03. The molecule has 1 aromatic carbocycles. The molecule has 0 aliphatic heterocycles. The lowest BCUT2D eigenvalue weighted by Gasteiger charge is -2.14. The van der Waals surface area contributed by atoms with Gasteiger partial charge in [0.05, 0.1) is 21.3 Å². The van der Waals surface area contributed by atoms with Crippen molar-refractivity contribution >= 4 is 11.6 Å². The minimum Gasteiger partial charge on any atom is -0.493 e. The minimum atomic E-state index is -0.0354. The normalized spacial score (nSPS) is 9.78. The molecule has 0 saturated carbocycles. The Hall–Kier alpha value is -1.91. The van der Waals surface area contributed by atoms with E-state index in [9.17, 15) is 4.79 Å². The zero-order valence-corrected chi connectivity index (χ0v) is 11.2. The highest BCUT2D eigenvalue weighted by Gasteiger charge is 2.14. The summed E-state index contributed by atoms with van der Waals surface area (Å²) in [6.07, 6.45) is 1.28. The predicted octanol–water partition coefficient (Wildman–Crippen LogP) is 2.45. The van der Waals surface area contributed by atoms with E-state index in [1.807, 2.05) is 6.92 Å². The van der Waals surface area contributed by atoms with Crippen LogP contribution in [0, 0.1) is 0 Å². The van der Waals surface area contributed by atoms with Crippen LogP contribution in [0.5, 0.6) is 17.2 Å². The highest BCUT2D eigenvalue weighted by atomic mass is 16.5. The summed E-state index contributed by atoms with van der Waals surface area (Å²) in [6, 6.07) is 3.41. The zero-order chi connectivity index (χ0) is 13.5. The summed E-state index contributed by atoms with van der Waals surface area (Å²) >= 11 is 0. The molecule has 0 bridgehead atoms. The van der Waals surface area contributed by atoms with Gasteiger partial charge in [-0.1, -0.05) is 6.92 Å². The third kappa shape index (κ3) is 3.29. The number of carbonyl (C=O) groups excluding carboxylic acids is 1. The summed E-state index contributed by atoms with van der Waals surface area (Å²) in [6.45, 7) is 1.95. The summed E-state index contributed by atoms with van der Waals surface area (Å²) in [5.74, 6) is 1.51. The highest BCUT2D eigenvalue weighted by Crippen LogP contribution is 2.39. The molecule has 0 spiro atoms. The van der Waals surface area contributed by atoms with E-state index in [1.165, 1.54) is 21.3 Å². The van der Waals surface area contributed by atoms with E-state index in [0.717, 1.165) is 6.42 Å². The molecule has 0 aliphatic carbocycles. The number of rotatable bonds is 6. The van der Waals surface area contributed by atoms with Gasteiger partial charge in [0.2, 0.25) is 11.7 Å². The molecule has 1 rings (SSSR count). The second-order valence-corrected chi connectivity index (χ2v) is 3.71. The zero-order valence-electron chi connectivity index (χ0n) is 11.2. The number of anilines is 1. The van der Waals surface area contributed by atoms with Crippen LogP contribution >= 0.6 is 0 Å². The first kappa shape index (κ1) is 14.2. The van der Waals surface area contributed by atoms with E-state index in [4.69, 9.17) is 14.2 Å². The lowest BCUT2D eigenvalue weighted by molar-refractivity contribution is -0.116. The van der Waals surface area contributed by atoms with Crippen molar-refractivity contribution < 1.29 is 19.0 Å². The van der Waals surface area contributed by atoms with Crippen LogP contribution in [0.1, 0.15) is 19.8 Å². The number of amides is 1. The molecule has 0 atom stereocenters. The van der Waals surface area contributed by atoms with Crippen molar-refractivity contribution in [3.63, 3.8) is 0 Å². The second kappa shape index (κ2) is 6.74. The fraction of sp³-hybridized carbons (Fsp3) is 0.462. The number of nitrogens with one attached hydrogen (secondary N) is 1. The second-order valence-electron chi connectivity index (χ2n) is 3.71. The van der Waals surface area contributed by atoms with Crippen molar-refractivity contribution in [1.29, 1.82) is 0 Å². The maximum Gasteiger partial charge on any atom is 0.224 e. The first-order valence-electron chi connectivity index (χ1n) is 5.76. The maximum atomic E-state index is 11.5. The average Bonchev–Trinajstić information content (AvgIpc) is 2.37. The monoisotopic (exact) mass is 253 g/mol. The molecule has 0 saturated heterocycles. The molecule has 1 amide bonds. The van der Waals surface area contributed by atoms with Gasteiger partial charge in [-0.2, -0.15) is 0 Å². The number of ether oxygens (including phenoxy) is 3. The minimum absolute atomic E-state index is 0.0354. The summed E-state index contributed by atoms with van der Waals surface area (Å²) in [4.78, 5) is 11.5. The van der Waals surface area contributed by atoms with Crippen molar-refractivity contribution in [3.8, 4) is 17.2 Å². The van der Waals surface area contributed by atoms with Gasteiger partial charge in [0, 0.05) is 24.2 Å². The Morgan fingerprint density at radius 3 is 2.06 bits per heavy atom. The Morgan fingerprint density at radius 1 is 1.11 bits per heavy atom. The number of hydrogen-bond acceptors (Lipinski definition) is 4. The fourth-order valence-electron chi connectivity index (χ4n) is 1.60. The Bertz CT molecular complexity index is 392. The van der Waals surface area contributed by atoms with Crippen LogP contribution in [0.15, 0.2) is 12.1 Å². The first-order valence-corrected chi connectivity index (χ1v) is 5.76. The molecule has 0 fully saturated rings. The predicted molar refractivity (Wildman–Crippen MR) is 69.6 cm³/mol. The van der Waals surface area contributed by atoms with Crippen LogP contribution in [0.3, 0.4) is 0 Å². The molecule has 0 heterocycles. The molecule has 18 heavy (non-hydrogen) atoms. The standard InChI is InChI=1S/C13H19NO4/c1-5-6-12(15)14-9-7-10(16-2)13(18-4)11(8-9)17-3/h7-8H,5-6H2,1-4H3,(H,14,15). The Kier molecular flexibility index (Phi) is 5.30. The lowest BCUT2D eigenvalue weighted by atomic mass is 10.2. The van der Waals surface area contributed by atoms with Gasteiger partial charge in [0.1, 0.15) is 0 Å². The van der Waals surface area contributed by atoms with Gasteiger partial charge in [0.25, 0.3) is 0 Å². The molecule has 0 unspecified atom stereocenters. The van der Waals surface area contributed by atoms with Gasteiger partial charge in [-0.15, -0.1) is 0 Å². The maximum absolute atomic E-state index is 11.5. The largest absolute Gasteiger partial charge is 0.493 e. The number of benzene rings is 1. The quantitative estimate of drug-likeness (QED) is 0.846. The van der Waals surface area contributed by atoms with Gasteiger partial charge in [-0.25, -0.2) is 0 Å². The van der Waals surface area contributed by atoms with Crippen LogP contribution in [0.4, 0.5) is 5.69 Å². The lowest BCUT2D eigenvalue weighted by Crippen LogP contribution is -2.11. The van der Waals surface area contributed by atoms with Gasteiger partial charge in [-0.05, 0) is 6.42 Å². The molecule has 0 radical (unpaired) electrons. The molecular formula is C13H19NO4. The number of methoxy groups -OCH3 is 3. The Morgan fingerprint density at radius 2 is 1.67 bits per heavy atom. The average molecular weight is 253 g/mol. The van der Waals surface area contributed by atoms with Crippen molar-refractivity contribution in [1.82, 2.24) is 0 Å². The third-order valence-electron chi connectivity index (χ3n) is 2.43. The number of carbonyl (C=O) groups is 1. The van der Waals surface area contributed by atoms with Crippen LogP contribution in [-0.2, 0) is 4.79 Å². The molecule has 1 aromatic rings. The topological polar surface area (TPSA) is 56.8 Å². The van der Waals surface area contributed by atoms with Crippen LogP contribution in [0.25, 0.3) is 0 Å². The van der Waals surface area contributed by atoms with Gasteiger partial charge in [-0.3, -0.25) is 4.79 Å². The third-order valence-corrected chi connectivity index (χ3v) is 2.43. The first-order chi connectivity index (χ1) is 8.65. The molecular weight excluding hydrogens is 234 g/mol. The Labute approximate surface area is 107 Å². The fourth-order valence-corrected chi connectivity index (χ4v) is 1.60. The van der Waals surface area contributed by atoms with E-state index in [0.29, 0.717) is 29.4 Å². The van der Waals surface area contributed by atoms with E-state index < -0.39 is 0 Å². The van der Waals surface area contributed by atoms with Gasteiger partial charge < -0.3 is 19.5 Å². The number of hydrogen-bond donors (Lipinski definition) is 1. The molecule has 0 aromatic heterocycles. The smallest absolute Gasteiger partial charge is 0.224 e. The van der Waals surface area contributed by atoms with Crippen LogP contribution < -0.4 is 19.5 Å². The highest BCUT2D eigenvalue weighted by molar-refractivity contribution is 5.91. The summed E-state index contributed by atoms with van der Waals surface area (Å²) in [7, 11) is 4.61. The summed E-state index contributed by atoms with van der Waals surface area (Å²) in [5.41, 5.74) is 0.628. The molecule has 0 aliphatic rings. The SMILES string of the molecule is CCCC(=O)Nc1cc(OC)c(OC)c(OC)c1. The van der Waals surface area contributed by atoms with Crippen molar-refractivity contribution in [2.45, 2.75) is 19.8 Å². The van der Waals surface area contributed by atoms with E-state index in [1.54, 1.807) is 12.1 Å². The van der Waals surface area contributed by atoms with Crippen molar-refractivity contribution in [2.24, 2.45) is 0 Å². The molecule has 1 N–H and O–H groups in total. The van der Waals surface area contributed by atoms with E-state index in [-0.39, 0.29) is 5.91 Å².